The third-order valence-corrected chi connectivity index (χ3v) is 4.27. The predicted molar refractivity (Wildman–Crippen MR) is 73.2 cm³/mol. The summed E-state index contributed by atoms with van der Waals surface area (Å²) < 4.78 is 0. The fourth-order valence-electron chi connectivity index (χ4n) is 2.94. The van der Waals surface area contributed by atoms with Gasteiger partial charge >= 0.3 is 0 Å². The molecule has 4 nitrogen and oxygen atoms in total. The lowest BCUT2D eigenvalue weighted by atomic mass is 9.99. The van der Waals surface area contributed by atoms with Crippen molar-refractivity contribution in [1.29, 1.82) is 0 Å². The van der Waals surface area contributed by atoms with Crippen LogP contribution < -0.4 is 5.73 Å². The van der Waals surface area contributed by atoms with Crippen molar-refractivity contribution < 1.29 is 4.79 Å². The van der Waals surface area contributed by atoms with E-state index in [-0.39, 0.29) is 11.9 Å². The number of nitrogens with zero attached hydrogens (tertiary/aromatic N) is 2. The molecule has 0 radical (unpaired) electrons. The fraction of sp³-hybridized carbons (Fsp3) is 0.929. The number of unbranched alkanes of at least 4 members (excludes halogenated alkanes) is 1. The van der Waals surface area contributed by atoms with Crippen LogP contribution in [0.15, 0.2) is 0 Å². The highest BCUT2D eigenvalue weighted by molar-refractivity contribution is 5.79. The zero-order chi connectivity index (χ0) is 13.0. The molecule has 2 aliphatic rings. The number of likely N-dealkylation sites (tertiary alicyclic amines) is 2. The molecule has 0 bridgehead atoms. The highest BCUT2D eigenvalue weighted by atomic mass is 16.2. The monoisotopic (exact) mass is 253 g/mol. The van der Waals surface area contributed by atoms with Gasteiger partial charge in [-0.2, -0.15) is 0 Å². The summed E-state index contributed by atoms with van der Waals surface area (Å²) in [6, 6.07) is 0.0704. The summed E-state index contributed by atoms with van der Waals surface area (Å²) in [7, 11) is 0. The van der Waals surface area contributed by atoms with Crippen LogP contribution in [0.3, 0.4) is 0 Å². The molecule has 2 aliphatic heterocycles. The number of nitrogens with two attached hydrogens (primary N) is 1. The summed E-state index contributed by atoms with van der Waals surface area (Å²) in [4.78, 5) is 16.1. The first-order valence-corrected chi connectivity index (χ1v) is 7.41. The van der Waals surface area contributed by atoms with Crippen molar-refractivity contribution >= 4 is 5.91 Å². The van der Waals surface area contributed by atoms with Crippen molar-refractivity contribution in [1.82, 2.24) is 9.80 Å². The Bertz CT molecular complexity index is 274. The number of amides is 1. The fourth-order valence-corrected chi connectivity index (χ4v) is 2.94. The van der Waals surface area contributed by atoms with Gasteiger partial charge in [0.2, 0.25) is 5.91 Å². The van der Waals surface area contributed by atoms with E-state index < -0.39 is 0 Å². The minimum Gasteiger partial charge on any atom is -0.341 e. The van der Waals surface area contributed by atoms with Gasteiger partial charge in [0, 0.05) is 25.6 Å². The van der Waals surface area contributed by atoms with Crippen LogP contribution in [-0.2, 0) is 4.79 Å². The topological polar surface area (TPSA) is 49.6 Å². The van der Waals surface area contributed by atoms with E-state index in [0.717, 1.165) is 25.4 Å². The first kappa shape index (κ1) is 13.8. The van der Waals surface area contributed by atoms with Gasteiger partial charge in [0.1, 0.15) is 0 Å². The molecule has 104 valence electrons. The molecular formula is C14H27N3O. The van der Waals surface area contributed by atoms with Crippen LogP contribution in [0.25, 0.3) is 0 Å². The molecule has 0 saturated carbocycles. The molecular weight excluding hydrogens is 226 g/mol. The average molecular weight is 253 g/mol. The Kier molecular flexibility index (Phi) is 5.01. The van der Waals surface area contributed by atoms with Gasteiger partial charge in [0.25, 0.3) is 0 Å². The Balaban J connectivity index is 1.55. The van der Waals surface area contributed by atoms with Gasteiger partial charge in [0.05, 0.1) is 0 Å². The highest BCUT2D eigenvalue weighted by Gasteiger charge is 2.26. The number of rotatable bonds is 5. The Morgan fingerprint density at radius 1 is 1.22 bits per heavy atom. The second-order valence-corrected chi connectivity index (χ2v) is 6.04. The van der Waals surface area contributed by atoms with Crippen molar-refractivity contribution in [2.75, 3.05) is 32.7 Å². The van der Waals surface area contributed by atoms with Crippen molar-refractivity contribution in [3.8, 4) is 0 Å². The van der Waals surface area contributed by atoms with Gasteiger partial charge in [-0.25, -0.2) is 0 Å². The van der Waals surface area contributed by atoms with Crippen molar-refractivity contribution in [3.05, 3.63) is 0 Å². The molecule has 0 aromatic heterocycles. The van der Waals surface area contributed by atoms with Crippen molar-refractivity contribution in [3.63, 3.8) is 0 Å². The highest BCUT2D eigenvalue weighted by Crippen LogP contribution is 2.16. The second kappa shape index (κ2) is 6.53. The van der Waals surface area contributed by atoms with Gasteiger partial charge in [0.15, 0.2) is 0 Å². The standard InChI is InChI=1S/C14H27N3O/c1-12-4-8-16(9-5-12)6-2-3-7-17-11-13(15)10-14(17)18/h12-13H,2-11,15H2,1H3. The van der Waals surface area contributed by atoms with Crippen molar-refractivity contribution in [2.45, 2.75) is 45.1 Å². The summed E-state index contributed by atoms with van der Waals surface area (Å²) >= 11 is 0. The van der Waals surface area contributed by atoms with Gasteiger partial charge < -0.3 is 15.5 Å². The maximum Gasteiger partial charge on any atom is 0.224 e. The number of carbonyl (C=O) groups is 1. The molecule has 1 amide bonds. The Hall–Kier alpha value is -0.610. The Morgan fingerprint density at radius 3 is 2.50 bits per heavy atom. The molecule has 1 atom stereocenters. The zero-order valence-corrected chi connectivity index (χ0v) is 11.6. The summed E-state index contributed by atoms with van der Waals surface area (Å²) in [5.41, 5.74) is 5.78. The lowest BCUT2D eigenvalue weighted by molar-refractivity contribution is -0.127. The number of carbonyl (C=O) groups excluding carboxylic acids is 1. The molecule has 2 fully saturated rings. The summed E-state index contributed by atoms with van der Waals surface area (Å²) in [6.07, 6.45) is 5.56. The Labute approximate surface area is 110 Å². The minimum atomic E-state index is 0.0704. The smallest absolute Gasteiger partial charge is 0.224 e. The van der Waals surface area contributed by atoms with Crippen LogP contribution in [0.5, 0.6) is 0 Å². The molecule has 0 aromatic carbocycles. The molecule has 0 spiro atoms. The maximum absolute atomic E-state index is 11.6. The van der Waals surface area contributed by atoms with E-state index in [1.54, 1.807) is 0 Å². The van der Waals surface area contributed by atoms with E-state index in [2.05, 4.69) is 11.8 Å². The number of hydrogen-bond donors (Lipinski definition) is 1. The molecule has 0 aliphatic carbocycles. The van der Waals surface area contributed by atoms with Crippen molar-refractivity contribution in [2.24, 2.45) is 11.7 Å². The molecule has 2 N–H and O–H groups in total. The maximum atomic E-state index is 11.6. The molecule has 0 aromatic rings. The van der Waals surface area contributed by atoms with Crippen LogP contribution in [-0.4, -0.2) is 54.5 Å². The van der Waals surface area contributed by atoms with Gasteiger partial charge in [-0.05, 0) is 51.2 Å². The molecule has 2 heterocycles. The van der Waals surface area contributed by atoms with Gasteiger partial charge in [-0.3, -0.25) is 4.79 Å². The van der Waals surface area contributed by atoms with Crippen LogP contribution in [0.1, 0.15) is 39.0 Å². The first-order valence-electron chi connectivity index (χ1n) is 7.41. The van der Waals surface area contributed by atoms with E-state index >= 15 is 0 Å². The van der Waals surface area contributed by atoms with E-state index in [1.165, 1.54) is 38.9 Å². The zero-order valence-electron chi connectivity index (χ0n) is 11.6. The summed E-state index contributed by atoms with van der Waals surface area (Å²) in [6.45, 7) is 7.72. The predicted octanol–water partition coefficient (Wildman–Crippen LogP) is 1.06. The first-order chi connectivity index (χ1) is 8.65. The van der Waals surface area contributed by atoms with E-state index in [4.69, 9.17) is 5.73 Å². The van der Waals surface area contributed by atoms with Gasteiger partial charge in [-0.15, -0.1) is 0 Å². The van der Waals surface area contributed by atoms with Gasteiger partial charge in [-0.1, -0.05) is 6.92 Å². The van der Waals surface area contributed by atoms with E-state index in [1.807, 2.05) is 4.90 Å². The third kappa shape index (κ3) is 3.95. The van der Waals surface area contributed by atoms with Crippen LogP contribution in [0.2, 0.25) is 0 Å². The molecule has 2 rings (SSSR count). The second-order valence-electron chi connectivity index (χ2n) is 6.04. The number of hydrogen-bond acceptors (Lipinski definition) is 3. The third-order valence-electron chi connectivity index (χ3n) is 4.27. The minimum absolute atomic E-state index is 0.0704. The van der Waals surface area contributed by atoms with E-state index in [9.17, 15) is 4.79 Å². The van der Waals surface area contributed by atoms with Crippen LogP contribution in [0, 0.1) is 5.92 Å². The Morgan fingerprint density at radius 2 is 1.89 bits per heavy atom. The quantitative estimate of drug-likeness (QED) is 0.745. The SMILES string of the molecule is CC1CCN(CCCCN2CC(N)CC2=O)CC1. The summed E-state index contributed by atoms with van der Waals surface area (Å²) in [5, 5.41) is 0. The molecule has 1 unspecified atom stereocenters. The number of piperidine rings is 1. The largest absolute Gasteiger partial charge is 0.341 e. The van der Waals surface area contributed by atoms with Crippen LogP contribution >= 0.6 is 0 Å². The van der Waals surface area contributed by atoms with Crippen LogP contribution in [0.4, 0.5) is 0 Å². The average Bonchev–Trinajstić information content (AvgIpc) is 2.66. The molecule has 18 heavy (non-hydrogen) atoms. The summed E-state index contributed by atoms with van der Waals surface area (Å²) in [5.74, 6) is 1.15. The normalized spacial score (nSPS) is 27.1. The molecule has 2 saturated heterocycles. The molecule has 4 heteroatoms. The lowest BCUT2D eigenvalue weighted by Gasteiger charge is -2.30. The van der Waals surface area contributed by atoms with E-state index in [0.29, 0.717) is 6.42 Å². The lowest BCUT2D eigenvalue weighted by Crippen LogP contribution is -2.34.